The fraction of sp³-hybridized carbons (Fsp3) is 0.167. The van der Waals surface area contributed by atoms with Crippen molar-refractivity contribution in [3.05, 3.63) is 69.5 Å². The molecule has 1 aliphatic rings. The second-order valence-corrected chi connectivity index (χ2v) is 8.63. The molecule has 1 saturated heterocycles. The zero-order valence-electron chi connectivity index (χ0n) is 17.1. The Morgan fingerprint density at radius 3 is 2.52 bits per heavy atom. The van der Waals surface area contributed by atoms with Crippen LogP contribution in [-0.2, 0) is 4.79 Å². The molecular weight excluding hydrogens is 476 g/mol. The van der Waals surface area contributed by atoms with Crippen molar-refractivity contribution in [3.63, 3.8) is 0 Å². The number of carbonyl (C=O) groups is 1. The van der Waals surface area contributed by atoms with Crippen LogP contribution >= 0.6 is 27.7 Å². The molecule has 0 spiro atoms. The average Bonchev–Trinajstić information content (AvgIpc) is 3.10. The number of rotatable bonds is 6. The van der Waals surface area contributed by atoms with Crippen molar-refractivity contribution in [2.75, 3.05) is 13.2 Å². The fourth-order valence-corrected chi connectivity index (χ4v) is 4.32. The Bertz CT molecular complexity index is 1180. The molecule has 158 valence electrons. The molecule has 0 unspecified atom stereocenters. The minimum Gasteiger partial charge on any atom is -0.494 e. The molecule has 1 heterocycles. The third kappa shape index (κ3) is 4.94. The van der Waals surface area contributed by atoms with Crippen molar-refractivity contribution in [2.45, 2.75) is 13.8 Å². The number of amides is 1. The van der Waals surface area contributed by atoms with E-state index in [0.29, 0.717) is 23.3 Å². The summed E-state index contributed by atoms with van der Waals surface area (Å²) in [5, 5.41) is 5.41. The molecule has 0 bridgehead atoms. The number of halogens is 1. The van der Waals surface area contributed by atoms with Crippen molar-refractivity contribution in [2.24, 2.45) is 4.99 Å². The molecule has 3 aromatic carbocycles. The van der Waals surface area contributed by atoms with E-state index in [-0.39, 0.29) is 5.91 Å². The van der Waals surface area contributed by atoms with Gasteiger partial charge in [0.25, 0.3) is 5.91 Å². The molecule has 31 heavy (non-hydrogen) atoms. The molecule has 1 fully saturated rings. The number of hydrogen-bond donors (Lipinski definition) is 1. The summed E-state index contributed by atoms with van der Waals surface area (Å²) >= 11 is 4.73. The molecule has 7 heteroatoms. The zero-order valence-corrected chi connectivity index (χ0v) is 19.5. The number of nitrogens with zero attached hydrogens (tertiary/aromatic N) is 1. The second-order valence-electron chi connectivity index (χ2n) is 6.68. The molecule has 3 aromatic rings. The summed E-state index contributed by atoms with van der Waals surface area (Å²) in [7, 11) is 0. The topological polar surface area (TPSA) is 59.9 Å². The Kier molecular flexibility index (Phi) is 6.63. The van der Waals surface area contributed by atoms with Gasteiger partial charge in [-0.25, -0.2) is 4.99 Å². The van der Waals surface area contributed by atoms with Crippen LogP contribution in [0.25, 0.3) is 16.8 Å². The number of fused-ring (bicyclic) bond motifs is 1. The first kappa shape index (κ1) is 21.5. The van der Waals surface area contributed by atoms with Gasteiger partial charge in [0, 0.05) is 10.0 Å². The number of ether oxygens (including phenoxy) is 2. The van der Waals surface area contributed by atoms with E-state index in [0.717, 1.165) is 38.0 Å². The van der Waals surface area contributed by atoms with Crippen LogP contribution in [0.4, 0.5) is 5.69 Å². The smallest absolute Gasteiger partial charge is 0.264 e. The quantitative estimate of drug-likeness (QED) is 0.407. The number of carbonyl (C=O) groups excluding carboxylic acids is 1. The minimum absolute atomic E-state index is 0.179. The van der Waals surface area contributed by atoms with Crippen molar-refractivity contribution >= 4 is 61.3 Å². The zero-order chi connectivity index (χ0) is 21.8. The molecule has 5 nitrogen and oxygen atoms in total. The molecule has 4 rings (SSSR count). The largest absolute Gasteiger partial charge is 0.494 e. The van der Waals surface area contributed by atoms with Gasteiger partial charge in [-0.05, 0) is 84.9 Å². The van der Waals surface area contributed by atoms with Crippen LogP contribution in [-0.4, -0.2) is 24.3 Å². The average molecular weight is 497 g/mol. The van der Waals surface area contributed by atoms with Gasteiger partial charge in [-0.3, -0.25) is 4.79 Å². The Balaban J connectivity index is 1.74. The normalized spacial score (nSPS) is 16.2. The van der Waals surface area contributed by atoms with E-state index in [2.05, 4.69) is 26.2 Å². The van der Waals surface area contributed by atoms with Gasteiger partial charge >= 0.3 is 0 Å². The van der Waals surface area contributed by atoms with Crippen LogP contribution in [0.3, 0.4) is 0 Å². The Labute approximate surface area is 193 Å². The van der Waals surface area contributed by atoms with E-state index >= 15 is 0 Å². The summed E-state index contributed by atoms with van der Waals surface area (Å²) in [5.41, 5.74) is 1.62. The predicted octanol–water partition coefficient (Wildman–Crippen LogP) is 6.29. The molecule has 0 aliphatic carbocycles. The first-order valence-corrected chi connectivity index (χ1v) is 11.6. The number of thioether (sulfide) groups is 1. The molecular formula is C24H21BrN2O3S. The summed E-state index contributed by atoms with van der Waals surface area (Å²) in [6.07, 6.45) is 1.87. The van der Waals surface area contributed by atoms with E-state index in [4.69, 9.17) is 9.47 Å². The summed E-state index contributed by atoms with van der Waals surface area (Å²) in [6, 6.07) is 17.5. The van der Waals surface area contributed by atoms with E-state index in [1.165, 1.54) is 11.8 Å². The first-order chi connectivity index (χ1) is 15.1. The highest BCUT2D eigenvalue weighted by molar-refractivity contribution is 9.10. The van der Waals surface area contributed by atoms with Gasteiger partial charge in [0.15, 0.2) is 5.17 Å². The summed E-state index contributed by atoms with van der Waals surface area (Å²) in [6.45, 7) is 5.01. The lowest BCUT2D eigenvalue weighted by Gasteiger charge is -2.12. The molecule has 0 aromatic heterocycles. The number of benzene rings is 3. The molecule has 1 N–H and O–H groups in total. The number of nitrogens with one attached hydrogen (secondary N) is 1. The summed E-state index contributed by atoms with van der Waals surface area (Å²) < 4.78 is 12.5. The van der Waals surface area contributed by atoms with Crippen molar-refractivity contribution in [1.82, 2.24) is 5.32 Å². The van der Waals surface area contributed by atoms with Crippen molar-refractivity contribution < 1.29 is 14.3 Å². The van der Waals surface area contributed by atoms with E-state index in [1.54, 1.807) is 0 Å². The van der Waals surface area contributed by atoms with Gasteiger partial charge in [-0.15, -0.1) is 0 Å². The lowest BCUT2D eigenvalue weighted by molar-refractivity contribution is -0.115. The summed E-state index contributed by atoms with van der Waals surface area (Å²) in [4.78, 5) is 17.8. The van der Waals surface area contributed by atoms with Crippen molar-refractivity contribution in [3.8, 4) is 11.5 Å². The predicted molar refractivity (Wildman–Crippen MR) is 131 cm³/mol. The van der Waals surface area contributed by atoms with Gasteiger partial charge < -0.3 is 14.8 Å². The van der Waals surface area contributed by atoms with Crippen LogP contribution in [0, 0.1) is 0 Å². The molecule has 1 aliphatic heterocycles. The number of hydrogen-bond acceptors (Lipinski definition) is 5. The van der Waals surface area contributed by atoms with Crippen LogP contribution in [0.15, 0.2) is 69.0 Å². The second kappa shape index (κ2) is 9.58. The number of aliphatic imine (C=N–C) groups is 1. The number of amidine groups is 1. The Hall–Kier alpha value is -2.77. The highest BCUT2D eigenvalue weighted by atomic mass is 79.9. The van der Waals surface area contributed by atoms with Crippen LogP contribution in [0.1, 0.15) is 19.4 Å². The van der Waals surface area contributed by atoms with Crippen LogP contribution in [0.5, 0.6) is 11.5 Å². The Morgan fingerprint density at radius 2 is 1.77 bits per heavy atom. The highest BCUT2D eigenvalue weighted by Crippen LogP contribution is 2.36. The lowest BCUT2D eigenvalue weighted by Crippen LogP contribution is -2.19. The van der Waals surface area contributed by atoms with Gasteiger partial charge in [-0.1, -0.05) is 28.1 Å². The van der Waals surface area contributed by atoms with E-state index < -0.39 is 0 Å². The molecule has 1 amide bonds. The Morgan fingerprint density at radius 1 is 1.03 bits per heavy atom. The monoisotopic (exact) mass is 496 g/mol. The van der Waals surface area contributed by atoms with E-state index in [1.807, 2.05) is 74.5 Å². The van der Waals surface area contributed by atoms with Gasteiger partial charge in [0.05, 0.1) is 23.8 Å². The maximum atomic E-state index is 12.7. The van der Waals surface area contributed by atoms with Gasteiger partial charge in [0.1, 0.15) is 11.5 Å². The first-order valence-electron chi connectivity index (χ1n) is 9.95. The van der Waals surface area contributed by atoms with Gasteiger partial charge in [0.2, 0.25) is 0 Å². The van der Waals surface area contributed by atoms with Crippen molar-refractivity contribution in [1.29, 1.82) is 0 Å². The minimum atomic E-state index is -0.179. The van der Waals surface area contributed by atoms with Crippen LogP contribution in [0.2, 0.25) is 0 Å². The highest BCUT2D eigenvalue weighted by Gasteiger charge is 2.25. The standard InChI is InChI=1S/C24H21BrN2O3S/c1-3-29-18-11-5-15-6-12-21(30-4-2)20(19(15)13-18)14-22-23(28)27-24(31-22)26-17-9-7-16(25)8-10-17/h5-14H,3-4H2,1-2H3,(H,26,27,28)/b22-14-. The fourth-order valence-electron chi connectivity index (χ4n) is 3.23. The maximum Gasteiger partial charge on any atom is 0.264 e. The molecule has 0 saturated carbocycles. The lowest BCUT2D eigenvalue weighted by atomic mass is 10.0. The van der Waals surface area contributed by atoms with Gasteiger partial charge in [-0.2, -0.15) is 0 Å². The van der Waals surface area contributed by atoms with Crippen LogP contribution < -0.4 is 14.8 Å². The summed E-state index contributed by atoms with van der Waals surface area (Å²) in [5.74, 6) is 1.33. The SMILES string of the molecule is CCOc1ccc2ccc(OCC)c(/C=C3\SC(=Nc4ccc(Br)cc4)NC3=O)c2c1. The third-order valence-corrected chi connectivity index (χ3v) is 6.03. The maximum absolute atomic E-state index is 12.7. The molecule has 0 atom stereocenters. The molecule has 0 radical (unpaired) electrons. The van der Waals surface area contributed by atoms with E-state index in [9.17, 15) is 4.79 Å². The third-order valence-electron chi connectivity index (χ3n) is 4.59.